The van der Waals surface area contributed by atoms with Crippen molar-refractivity contribution in [2.75, 3.05) is 13.1 Å². The first-order valence-electron chi connectivity index (χ1n) is 8.53. The summed E-state index contributed by atoms with van der Waals surface area (Å²) in [6, 6.07) is 12.4. The third-order valence-electron chi connectivity index (χ3n) is 5.15. The fourth-order valence-electron chi connectivity index (χ4n) is 3.52. The lowest BCUT2D eigenvalue weighted by atomic mass is 9.72. The molecule has 0 unspecified atom stereocenters. The first kappa shape index (κ1) is 18.6. The second-order valence-corrected chi connectivity index (χ2v) is 6.60. The number of hydrogen-bond acceptors (Lipinski definition) is 3. The largest absolute Gasteiger partial charge is 0.478 e. The Morgan fingerprint density at radius 1 is 1.04 bits per heavy atom. The SMILES string of the molecule is NC(=O)C1(c2ccccc2)CCN(C(=O)c2ccc(C(=O)O)cc2F)CC1. The van der Waals surface area contributed by atoms with Gasteiger partial charge in [0.2, 0.25) is 5.91 Å². The lowest BCUT2D eigenvalue weighted by molar-refractivity contribution is -0.125. The number of likely N-dealkylation sites (tertiary alicyclic amines) is 1. The quantitative estimate of drug-likeness (QED) is 0.861. The fourth-order valence-corrected chi connectivity index (χ4v) is 3.52. The van der Waals surface area contributed by atoms with Crippen molar-refractivity contribution in [1.29, 1.82) is 0 Å². The van der Waals surface area contributed by atoms with Crippen LogP contribution in [0.15, 0.2) is 48.5 Å². The van der Waals surface area contributed by atoms with Crippen molar-refractivity contribution in [2.45, 2.75) is 18.3 Å². The van der Waals surface area contributed by atoms with Crippen LogP contribution in [0.3, 0.4) is 0 Å². The van der Waals surface area contributed by atoms with Gasteiger partial charge in [-0.2, -0.15) is 0 Å². The summed E-state index contributed by atoms with van der Waals surface area (Å²) < 4.78 is 14.2. The van der Waals surface area contributed by atoms with E-state index in [9.17, 15) is 18.8 Å². The average Bonchev–Trinajstić information content (AvgIpc) is 2.68. The highest BCUT2D eigenvalue weighted by Gasteiger charge is 2.42. The van der Waals surface area contributed by atoms with Crippen molar-refractivity contribution in [2.24, 2.45) is 5.73 Å². The second kappa shape index (κ2) is 7.19. The molecule has 1 heterocycles. The summed E-state index contributed by atoms with van der Waals surface area (Å²) in [7, 11) is 0. The minimum Gasteiger partial charge on any atom is -0.478 e. The maximum atomic E-state index is 14.2. The molecule has 0 aliphatic carbocycles. The number of hydrogen-bond donors (Lipinski definition) is 2. The molecule has 2 amide bonds. The number of carboxylic acids is 1. The van der Waals surface area contributed by atoms with Gasteiger partial charge in [-0.25, -0.2) is 9.18 Å². The minimum absolute atomic E-state index is 0.189. The Kier molecular flexibility index (Phi) is 4.94. The summed E-state index contributed by atoms with van der Waals surface area (Å²) >= 11 is 0. The van der Waals surface area contributed by atoms with Crippen LogP contribution in [0.25, 0.3) is 0 Å². The molecule has 2 aromatic rings. The molecule has 1 aliphatic heterocycles. The van der Waals surface area contributed by atoms with Gasteiger partial charge in [-0.3, -0.25) is 9.59 Å². The highest BCUT2D eigenvalue weighted by atomic mass is 19.1. The lowest BCUT2D eigenvalue weighted by Gasteiger charge is -2.40. The number of amides is 2. The number of rotatable bonds is 4. The van der Waals surface area contributed by atoms with E-state index >= 15 is 0 Å². The molecule has 0 radical (unpaired) electrons. The Morgan fingerprint density at radius 2 is 1.67 bits per heavy atom. The maximum absolute atomic E-state index is 14.2. The Morgan fingerprint density at radius 3 is 2.19 bits per heavy atom. The summed E-state index contributed by atoms with van der Waals surface area (Å²) in [6.45, 7) is 0.494. The van der Waals surface area contributed by atoms with Gasteiger partial charge in [0, 0.05) is 13.1 Å². The standard InChI is InChI=1S/C20H19FN2O4/c21-16-12-13(18(25)26)6-7-15(16)17(24)23-10-8-20(9-11-23,19(22)27)14-4-2-1-3-5-14/h1-7,12H,8-11H2,(H2,22,27)(H,25,26). The van der Waals surface area contributed by atoms with E-state index in [0.29, 0.717) is 12.8 Å². The molecule has 0 spiro atoms. The van der Waals surface area contributed by atoms with Crippen LogP contribution >= 0.6 is 0 Å². The first-order chi connectivity index (χ1) is 12.8. The van der Waals surface area contributed by atoms with E-state index in [1.165, 1.54) is 17.0 Å². The van der Waals surface area contributed by atoms with E-state index in [1.807, 2.05) is 30.3 Å². The van der Waals surface area contributed by atoms with Crippen molar-refractivity contribution in [3.05, 3.63) is 71.0 Å². The van der Waals surface area contributed by atoms with Crippen LogP contribution in [-0.4, -0.2) is 40.9 Å². The Balaban J connectivity index is 1.80. The Labute approximate surface area is 155 Å². The molecular weight excluding hydrogens is 351 g/mol. The number of halogens is 1. The summed E-state index contributed by atoms with van der Waals surface area (Å²) in [4.78, 5) is 37.2. The summed E-state index contributed by atoms with van der Waals surface area (Å²) in [5.41, 5.74) is 5.22. The predicted octanol–water partition coefficient (Wildman–Crippen LogP) is 2.18. The molecule has 2 aromatic carbocycles. The summed E-state index contributed by atoms with van der Waals surface area (Å²) in [5.74, 6) is -3.12. The molecule has 3 N–H and O–H groups in total. The molecule has 0 aromatic heterocycles. The molecule has 7 heteroatoms. The second-order valence-electron chi connectivity index (χ2n) is 6.60. The maximum Gasteiger partial charge on any atom is 0.335 e. The molecule has 27 heavy (non-hydrogen) atoms. The predicted molar refractivity (Wildman–Crippen MR) is 95.8 cm³/mol. The van der Waals surface area contributed by atoms with Crippen LogP contribution in [-0.2, 0) is 10.2 Å². The molecule has 0 atom stereocenters. The van der Waals surface area contributed by atoms with E-state index in [4.69, 9.17) is 10.8 Å². The van der Waals surface area contributed by atoms with E-state index < -0.39 is 29.0 Å². The van der Waals surface area contributed by atoms with Crippen molar-refractivity contribution in [1.82, 2.24) is 4.90 Å². The molecule has 3 rings (SSSR count). The third kappa shape index (κ3) is 3.40. The lowest BCUT2D eigenvalue weighted by Crippen LogP contribution is -2.51. The first-order valence-corrected chi connectivity index (χ1v) is 8.53. The number of benzene rings is 2. The van der Waals surface area contributed by atoms with Crippen molar-refractivity contribution >= 4 is 17.8 Å². The van der Waals surface area contributed by atoms with Gasteiger partial charge < -0.3 is 15.7 Å². The average molecular weight is 370 g/mol. The van der Waals surface area contributed by atoms with Gasteiger partial charge in [0.25, 0.3) is 5.91 Å². The zero-order chi connectivity index (χ0) is 19.6. The number of carboxylic acid groups (broad SMARTS) is 1. The normalized spacial score (nSPS) is 16.0. The zero-order valence-corrected chi connectivity index (χ0v) is 14.5. The van der Waals surface area contributed by atoms with Crippen LogP contribution < -0.4 is 5.73 Å². The van der Waals surface area contributed by atoms with Crippen LogP contribution in [0.4, 0.5) is 4.39 Å². The Hall–Kier alpha value is -3.22. The van der Waals surface area contributed by atoms with Gasteiger partial charge in [-0.05, 0) is 36.6 Å². The van der Waals surface area contributed by atoms with Gasteiger partial charge in [-0.1, -0.05) is 30.3 Å². The molecule has 1 fully saturated rings. The molecule has 0 saturated carbocycles. The summed E-state index contributed by atoms with van der Waals surface area (Å²) in [6.07, 6.45) is 0.680. The zero-order valence-electron chi connectivity index (χ0n) is 14.5. The number of carbonyl (C=O) groups is 3. The van der Waals surface area contributed by atoms with E-state index in [1.54, 1.807) is 0 Å². The van der Waals surface area contributed by atoms with E-state index in [-0.39, 0.29) is 24.2 Å². The molecule has 1 saturated heterocycles. The fraction of sp³-hybridized carbons (Fsp3) is 0.250. The van der Waals surface area contributed by atoms with Crippen LogP contribution in [0.1, 0.15) is 39.1 Å². The van der Waals surface area contributed by atoms with E-state index in [0.717, 1.165) is 11.6 Å². The van der Waals surface area contributed by atoms with Crippen LogP contribution in [0, 0.1) is 5.82 Å². The molecular formula is C20H19FN2O4. The minimum atomic E-state index is -1.26. The molecule has 1 aliphatic rings. The highest BCUT2D eigenvalue weighted by Crippen LogP contribution is 2.35. The van der Waals surface area contributed by atoms with Crippen molar-refractivity contribution < 1.29 is 23.9 Å². The van der Waals surface area contributed by atoms with Gasteiger partial charge in [0.1, 0.15) is 5.82 Å². The van der Waals surface area contributed by atoms with Gasteiger partial charge in [-0.15, -0.1) is 0 Å². The van der Waals surface area contributed by atoms with Crippen molar-refractivity contribution in [3.63, 3.8) is 0 Å². The number of piperidine rings is 1. The van der Waals surface area contributed by atoms with Crippen LogP contribution in [0.5, 0.6) is 0 Å². The van der Waals surface area contributed by atoms with E-state index in [2.05, 4.69) is 0 Å². The molecule has 0 bridgehead atoms. The highest BCUT2D eigenvalue weighted by molar-refractivity contribution is 5.96. The number of nitrogens with two attached hydrogens (primary N) is 1. The summed E-state index contributed by atoms with van der Waals surface area (Å²) in [5, 5.41) is 8.90. The molecule has 6 nitrogen and oxygen atoms in total. The number of nitrogens with zero attached hydrogens (tertiary/aromatic N) is 1. The van der Waals surface area contributed by atoms with Gasteiger partial charge in [0.15, 0.2) is 0 Å². The van der Waals surface area contributed by atoms with Gasteiger partial charge >= 0.3 is 5.97 Å². The van der Waals surface area contributed by atoms with Gasteiger partial charge in [0.05, 0.1) is 16.5 Å². The van der Waals surface area contributed by atoms with Crippen molar-refractivity contribution in [3.8, 4) is 0 Å². The monoisotopic (exact) mass is 370 g/mol. The third-order valence-corrected chi connectivity index (χ3v) is 5.15. The smallest absolute Gasteiger partial charge is 0.335 e. The number of primary amides is 1. The molecule has 140 valence electrons. The topological polar surface area (TPSA) is 101 Å². The van der Waals surface area contributed by atoms with Crippen LogP contribution in [0.2, 0.25) is 0 Å². The number of aromatic carboxylic acids is 1. The number of carbonyl (C=O) groups excluding carboxylic acids is 2. The Bertz CT molecular complexity index is 890.